The number of imidazole rings is 1. The molecule has 0 radical (unpaired) electrons. The maximum atomic E-state index is 13.0. The van der Waals surface area contributed by atoms with Crippen molar-refractivity contribution in [1.29, 1.82) is 0 Å². The second-order valence-electron chi connectivity index (χ2n) is 5.70. The number of carbonyl (C=O) groups excluding carboxylic acids is 1. The summed E-state index contributed by atoms with van der Waals surface area (Å²) in [5.41, 5.74) is 2.62. The van der Waals surface area contributed by atoms with Crippen LogP contribution >= 0.6 is 11.3 Å². The molecule has 1 aliphatic rings. The van der Waals surface area contributed by atoms with Crippen molar-refractivity contribution in [2.75, 3.05) is 13.1 Å². The summed E-state index contributed by atoms with van der Waals surface area (Å²) < 4.78 is 1.90. The lowest BCUT2D eigenvalue weighted by Crippen LogP contribution is -2.40. The largest absolute Gasteiger partial charge is 0.337 e. The SMILES string of the molecule is Cc1nc2sccn2c1C(=O)N1CCC[C@H](c2ccn[nH]2)C1. The fourth-order valence-corrected chi connectivity index (χ4v) is 3.97. The quantitative estimate of drug-likeness (QED) is 0.790. The third kappa shape index (κ3) is 2.12. The van der Waals surface area contributed by atoms with E-state index >= 15 is 0 Å². The second kappa shape index (κ2) is 5.24. The summed E-state index contributed by atoms with van der Waals surface area (Å²) in [6.45, 7) is 3.45. The molecule has 1 aliphatic heterocycles. The normalized spacial score (nSPS) is 19.0. The number of aromatic nitrogens is 4. The smallest absolute Gasteiger partial charge is 0.272 e. The molecule has 1 N–H and O–H groups in total. The Morgan fingerprint density at radius 1 is 1.50 bits per heavy atom. The average molecular weight is 315 g/mol. The number of hydrogen-bond acceptors (Lipinski definition) is 4. The minimum Gasteiger partial charge on any atom is -0.337 e. The van der Waals surface area contributed by atoms with E-state index in [1.165, 1.54) is 0 Å². The highest BCUT2D eigenvalue weighted by Crippen LogP contribution is 2.27. The number of carbonyl (C=O) groups is 1. The van der Waals surface area contributed by atoms with E-state index in [4.69, 9.17) is 0 Å². The third-order valence-electron chi connectivity index (χ3n) is 4.31. The van der Waals surface area contributed by atoms with Gasteiger partial charge < -0.3 is 4.90 Å². The first-order valence-corrected chi connectivity index (χ1v) is 8.32. The molecule has 0 spiro atoms. The molecule has 0 bridgehead atoms. The zero-order valence-electron chi connectivity index (χ0n) is 12.3. The predicted molar refractivity (Wildman–Crippen MR) is 84.3 cm³/mol. The Hall–Kier alpha value is -2.15. The van der Waals surface area contributed by atoms with Crippen LogP contribution in [0.1, 0.15) is 40.6 Å². The highest BCUT2D eigenvalue weighted by molar-refractivity contribution is 7.15. The number of fused-ring (bicyclic) bond motifs is 1. The van der Waals surface area contributed by atoms with Crippen molar-refractivity contribution in [3.05, 3.63) is 40.9 Å². The average Bonchev–Trinajstić information content (AvgIpc) is 3.23. The predicted octanol–water partition coefficient (Wildman–Crippen LogP) is 2.45. The van der Waals surface area contributed by atoms with E-state index in [0.717, 1.165) is 42.3 Å². The number of nitrogens with one attached hydrogen (secondary N) is 1. The van der Waals surface area contributed by atoms with Gasteiger partial charge in [0.1, 0.15) is 5.69 Å². The summed E-state index contributed by atoms with van der Waals surface area (Å²) in [6, 6.07) is 2.00. The number of likely N-dealkylation sites (tertiary alicyclic amines) is 1. The van der Waals surface area contributed by atoms with E-state index in [2.05, 4.69) is 15.2 Å². The number of hydrogen-bond donors (Lipinski definition) is 1. The number of amides is 1. The number of aromatic amines is 1. The molecule has 0 aliphatic carbocycles. The van der Waals surface area contributed by atoms with E-state index in [9.17, 15) is 4.79 Å². The first-order chi connectivity index (χ1) is 10.7. The minimum absolute atomic E-state index is 0.0765. The number of H-pyrrole nitrogens is 1. The van der Waals surface area contributed by atoms with Crippen molar-refractivity contribution in [2.24, 2.45) is 0 Å². The number of aryl methyl sites for hydroxylation is 1. The summed E-state index contributed by atoms with van der Waals surface area (Å²) in [4.78, 5) is 20.3. The molecule has 1 fully saturated rings. The Balaban J connectivity index is 1.62. The molecule has 0 saturated carbocycles. The lowest BCUT2D eigenvalue weighted by molar-refractivity contribution is 0.0698. The number of nitrogens with zero attached hydrogens (tertiary/aromatic N) is 4. The number of piperidine rings is 1. The van der Waals surface area contributed by atoms with Crippen LogP contribution < -0.4 is 0 Å². The number of thiazole rings is 1. The lowest BCUT2D eigenvalue weighted by Gasteiger charge is -2.32. The van der Waals surface area contributed by atoms with Gasteiger partial charge in [0.2, 0.25) is 0 Å². The van der Waals surface area contributed by atoms with Crippen LogP contribution in [0.25, 0.3) is 4.96 Å². The van der Waals surface area contributed by atoms with Crippen molar-refractivity contribution >= 4 is 22.2 Å². The van der Waals surface area contributed by atoms with E-state index in [1.807, 2.05) is 33.9 Å². The molecule has 1 atom stereocenters. The molecule has 1 saturated heterocycles. The highest BCUT2D eigenvalue weighted by atomic mass is 32.1. The molecule has 6 nitrogen and oxygen atoms in total. The molecule has 4 heterocycles. The summed E-state index contributed by atoms with van der Waals surface area (Å²) >= 11 is 1.55. The lowest BCUT2D eigenvalue weighted by atomic mass is 9.94. The Labute approximate surface area is 131 Å². The fourth-order valence-electron chi connectivity index (χ4n) is 3.21. The maximum Gasteiger partial charge on any atom is 0.272 e. The molecule has 0 aromatic carbocycles. The molecule has 3 aromatic rings. The molecule has 1 amide bonds. The van der Waals surface area contributed by atoms with E-state index < -0.39 is 0 Å². The molecule has 4 rings (SSSR count). The fraction of sp³-hybridized carbons (Fsp3) is 0.400. The molecule has 22 heavy (non-hydrogen) atoms. The first-order valence-electron chi connectivity index (χ1n) is 7.44. The number of rotatable bonds is 2. The van der Waals surface area contributed by atoms with E-state index in [-0.39, 0.29) is 5.91 Å². The zero-order chi connectivity index (χ0) is 15.1. The Morgan fingerprint density at radius 2 is 2.41 bits per heavy atom. The van der Waals surface area contributed by atoms with Crippen LogP contribution in [0.2, 0.25) is 0 Å². The Bertz CT molecular complexity index is 803. The summed E-state index contributed by atoms with van der Waals surface area (Å²) in [7, 11) is 0. The molecular weight excluding hydrogens is 298 g/mol. The van der Waals surface area contributed by atoms with Crippen LogP contribution in [0.15, 0.2) is 23.8 Å². The highest BCUT2D eigenvalue weighted by Gasteiger charge is 2.29. The molecule has 3 aromatic heterocycles. The van der Waals surface area contributed by atoms with Gasteiger partial charge in [0, 0.05) is 42.5 Å². The van der Waals surface area contributed by atoms with Crippen LogP contribution in [-0.2, 0) is 0 Å². The van der Waals surface area contributed by atoms with Gasteiger partial charge in [0.25, 0.3) is 5.91 Å². The van der Waals surface area contributed by atoms with E-state index in [1.54, 1.807) is 17.5 Å². The van der Waals surface area contributed by atoms with Crippen molar-refractivity contribution in [1.82, 2.24) is 24.5 Å². The van der Waals surface area contributed by atoms with Crippen LogP contribution in [-0.4, -0.2) is 43.5 Å². The van der Waals surface area contributed by atoms with Gasteiger partial charge in [-0.05, 0) is 25.8 Å². The summed E-state index contributed by atoms with van der Waals surface area (Å²) in [6.07, 6.45) is 5.79. The first kappa shape index (κ1) is 13.5. The van der Waals surface area contributed by atoms with Gasteiger partial charge in [-0.1, -0.05) is 0 Å². The monoisotopic (exact) mass is 315 g/mol. The van der Waals surface area contributed by atoms with Gasteiger partial charge in [-0.2, -0.15) is 5.10 Å². The third-order valence-corrected chi connectivity index (χ3v) is 5.07. The van der Waals surface area contributed by atoms with Gasteiger partial charge in [-0.15, -0.1) is 11.3 Å². The maximum absolute atomic E-state index is 13.0. The van der Waals surface area contributed by atoms with Gasteiger partial charge in [0.15, 0.2) is 4.96 Å². The molecule has 7 heteroatoms. The van der Waals surface area contributed by atoms with Gasteiger partial charge in [-0.3, -0.25) is 14.3 Å². The standard InChI is InChI=1S/C15H17N5OS/c1-10-13(20-7-8-22-15(20)17-10)14(21)19-6-2-3-11(9-19)12-4-5-16-18-12/h4-5,7-8,11H,2-3,6,9H2,1H3,(H,16,18)/t11-/m0/s1. The van der Waals surface area contributed by atoms with Crippen LogP contribution in [0.3, 0.4) is 0 Å². The van der Waals surface area contributed by atoms with Crippen molar-refractivity contribution in [3.8, 4) is 0 Å². The second-order valence-corrected chi connectivity index (χ2v) is 6.58. The van der Waals surface area contributed by atoms with Crippen LogP contribution in [0.5, 0.6) is 0 Å². The summed E-state index contributed by atoms with van der Waals surface area (Å²) in [5, 5.41) is 9.02. The Morgan fingerprint density at radius 3 is 3.23 bits per heavy atom. The molecule has 0 unspecified atom stereocenters. The summed E-state index contributed by atoms with van der Waals surface area (Å²) in [5.74, 6) is 0.416. The van der Waals surface area contributed by atoms with Crippen molar-refractivity contribution < 1.29 is 4.79 Å². The van der Waals surface area contributed by atoms with Crippen LogP contribution in [0, 0.1) is 6.92 Å². The van der Waals surface area contributed by atoms with Gasteiger partial charge >= 0.3 is 0 Å². The van der Waals surface area contributed by atoms with E-state index in [0.29, 0.717) is 11.6 Å². The van der Waals surface area contributed by atoms with Crippen molar-refractivity contribution in [3.63, 3.8) is 0 Å². The molecule has 114 valence electrons. The minimum atomic E-state index is 0.0765. The van der Waals surface area contributed by atoms with Gasteiger partial charge in [-0.25, -0.2) is 4.98 Å². The van der Waals surface area contributed by atoms with Gasteiger partial charge in [0.05, 0.1) is 5.69 Å². The topological polar surface area (TPSA) is 66.3 Å². The molecular formula is C15H17N5OS. The Kier molecular flexibility index (Phi) is 3.22. The van der Waals surface area contributed by atoms with Crippen LogP contribution in [0.4, 0.5) is 0 Å². The van der Waals surface area contributed by atoms with Crippen molar-refractivity contribution in [2.45, 2.75) is 25.7 Å². The zero-order valence-corrected chi connectivity index (χ0v) is 13.1.